The Balaban J connectivity index is 1.62. The van der Waals surface area contributed by atoms with Crippen LogP contribution in [-0.2, 0) is 19.5 Å². The molecule has 0 aliphatic rings. The zero-order valence-electron chi connectivity index (χ0n) is 16.7. The summed E-state index contributed by atoms with van der Waals surface area (Å²) in [5, 5.41) is 17.4. The van der Waals surface area contributed by atoms with Gasteiger partial charge in [-0.15, -0.1) is 0 Å². The molecule has 2 aromatic carbocycles. The molecule has 0 radical (unpaired) electrons. The predicted octanol–water partition coefficient (Wildman–Crippen LogP) is 3.67. The van der Waals surface area contributed by atoms with Gasteiger partial charge >= 0.3 is 0 Å². The molecule has 3 aromatic rings. The third-order valence-corrected chi connectivity index (χ3v) is 4.46. The molecule has 2 N–H and O–H groups in total. The maximum absolute atomic E-state index is 10.8. The zero-order chi connectivity index (χ0) is 21.2. The first-order valence-corrected chi connectivity index (χ1v) is 9.55. The Morgan fingerprint density at radius 1 is 1.10 bits per heavy atom. The summed E-state index contributed by atoms with van der Waals surface area (Å²) in [6.07, 6.45) is 2.39. The lowest BCUT2D eigenvalue weighted by Crippen LogP contribution is -2.38. The molecular formula is C22H24N4O4. The third kappa shape index (κ3) is 6.10. The van der Waals surface area contributed by atoms with Gasteiger partial charge < -0.3 is 19.8 Å². The van der Waals surface area contributed by atoms with Gasteiger partial charge in [0, 0.05) is 18.7 Å². The van der Waals surface area contributed by atoms with Crippen molar-refractivity contribution in [2.75, 3.05) is 13.7 Å². The highest BCUT2D eigenvalue weighted by Gasteiger charge is 2.06. The number of ether oxygens (including phenoxy) is 1. The van der Waals surface area contributed by atoms with Crippen LogP contribution in [0.25, 0.3) is 0 Å². The van der Waals surface area contributed by atoms with Crippen molar-refractivity contribution in [3.8, 4) is 5.75 Å². The van der Waals surface area contributed by atoms with Crippen molar-refractivity contribution >= 4 is 11.6 Å². The topological polar surface area (TPSA) is 102 Å². The van der Waals surface area contributed by atoms with Crippen LogP contribution in [0.5, 0.6) is 5.75 Å². The van der Waals surface area contributed by atoms with Crippen LogP contribution in [0.1, 0.15) is 16.9 Å². The van der Waals surface area contributed by atoms with Crippen molar-refractivity contribution in [1.82, 2.24) is 10.6 Å². The van der Waals surface area contributed by atoms with Gasteiger partial charge in [0.15, 0.2) is 5.96 Å². The molecule has 0 saturated heterocycles. The number of hydrogen-bond donors (Lipinski definition) is 2. The van der Waals surface area contributed by atoms with Crippen LogP contribution in [-0.4, -0.2) is 24.5 Å². The largest absolute Gasteiger partial charge is 0.496 e. The third-order valence-electron chi connectivity index (χ3n) is 4.46. The summed E-state index contributed by atoms with van der Waals surface area (Å²) in [6.45, 7) is 1.54. The van der Waals surface area contributed by atoms with Crippen LogP contribution in [0.15, 0.2) is 76.3 Å². The highest BCUT2D eigenvalue weighted by Crippen LogP contribution is 2.17. The van der Waals surface area contributed by atoms with E-state index >= 15 is 0 Å². The number of nitro groups is 1. The first-order valence-electron chi connectivity index (χ1n) is 9.55. The van der Waals surface area contributed by atoms with Crippen LogP contribution in [0.2, 0.25) is 0 Å². The van der Waals surface area contributed by atoms with Crippen LogP contribution >= 0.6 is 0 Å². The Kier molecular flexibility index (Phi) is 7.43. The first-order chi connectivity index (χ1) is 14.7. The van der Waals surface area contributed by atoms with Gasteiger partial charge in [0.25, 0.3) is 5.69 Å². The average Bonchev–Trinajstić information content (AvgIpc) is 3.29. The van der Waals surface area contributed by atoms with Gasteiger partial charge in [0.05, 0.1) is 31.4 Å². The maximum atomic E-state index is 10.8. The lowest BCUT2D eigenvalue weighted by atomic mass is 10.1. The summed E-state index contributed by atoms with van der Waals surface area (Å²) in [5.74, 6) is 2.27. The lowest BCUT2D eigenvalue weighted by molar-refractivity contribution is -0.384. The smallest absolute Gasteiger partial charge is 0.269 e. The minimum atomic E-state index is -0.414. The predicted molar refractivity (Wildman–Crippen MR) is 114 cm³/mol. The molecule has 8 heteroatoms. The number of nitrogens with one attached hydrogen (secondary N) is 2. The summed E-state index contributed by atoms with van der Waals surface area (Å²) >= 11 is 0. The van der Waals surface area contributed by atoms with Crippen LogP contribution < -0.4 is 15.4 Å². The Bertz CT molecular complexity index is 969. The van der Waals surface area contributed by atoms with E-state index in [-0.39, 0.29) is 5.69 Å². The second-order valence-corrected chi connectivity index (χ2v) is 6.51. The lowest BCUT2D eigenvalue weighted by Gasteiger charge is -2.13. The fourth-order valence-corrected chi connectivity index (χ4v) is 2.88. The summed E-state index contributed by atoms with van der Waals surface area (Å²) in [7, 11) is 1.66. The number of benzene rings is 2. The number of methoxy groups -OCH3 is 1. The molecule has 0 amide bonds. The minimum Gasteiger partial charge on any atom is -0.496 e. The van der Waals surface area contributed by atoms with Gasteiger partial charge in [-0.25, -0.2) is 4.99 Å². The van der Waals surface area contributed by atoms with Crippen molar-refractivity contribution in [3.05, 3.63) is 93.9 Å². The van der Waals surface area contributed by atoms with Crippen molar-refractivity contribution in [3.63, 3.8) is 0 Å². The molecule has 0 unspecified atom stereocenters. The molecule has 0 atom stereocenters. The number of aliphatic imine (C=N–C) groups is 1. The van der Waals surface area contributed by atoms with Gasteiger partial charge in [-0.3, -0.25) is 10.1 Å². The number of non-ortho nitro benzene ring substituents is 1. The molecule has 8 nitrogen and oxygen atoms in total. The number of furan rings is 1. The van der Waals surface area contributed by atoms with E-state index in [1.807, 2.05) is 36.4 Å². The van der Waals surface area contributed by atoms with Crippen LogP contribution in [0.4, 0.5) is 5.69 Å². The second-order valence-electron chi connectivity index (χ2n) is 6.51. The zero-order valence-corrected chi connectivity index (χ0v) is 16.7. The van der Waals surface area contributed by atoms with Gasteiger partial charge in [-0.1, -0.05) is 30.3 Å². The van der Waals surface area contributed by atoms with Crippen molar-refractivity contribution in [2.45, 2.75) is 19.5 Å². The molecule has 30 heavy (non-hydrogen) atoms. The Labute approximate surface area is 174 Å². The van der Waals surface area contributed by atoms with Gasteiger partial charge in [-0.05, 0) is 35.7 Å². The normalized spacial score (nSPS) is 11.2. The molecule has 1 aromatic heterocycles. The number of hydrogen-bond acceptors (Lipinski definition) is 5. The van der Waals surface area contributed by atoms with E-state index in [1.54, 1.807) is 25.5 Å². The van der Waals surface area contributed by atoms with E-state index in [1.165, 1.54) is 12.1 Å². The molecule has 1 heterocycles. The number of guanidine groups is 1. The Morgan fingerprint density at radius 2 is 1.90 bits per heavy atom. The monoisotopic (exact) mass is 408 g/mol. The molecular weight excluding hydrogens is 384 g/mol. The minimum absolute atomic E-state index is 0.0637. The van der Waals surface area contributed by atoms with Gasteiger partial charge in [0.1, 0.15) is 11.5 Å². The summed E-state index contributed by atoms with van der Waals surface area (Å²) in [4.78, 5) is 15.0. The molecule has 0 fully saturated rings. The van der Waals surface area contributed by atoms with Gasteiger partial charge in [0.2, 0.25) is 0 Å². The molecule has 0 bridgehead atoms. The maximum Gasteiger partial charge on any atom is 0.269 e. The van der Waals surface area contributed by atoms with E-state index in [0.29, 0.717) is 25.6 Å². The molecule has 0 saturated carbocycles. The quantitative estimate of drug-likeness (QED) is 0.242. The highest BCUT2D eigenvalue weighted by molar-refractivity contribution is 5.79. The fraction of sp³-hybridized carbons (Fsp3) is 0.227. The van der Waals surface area contributed by atoms with E-state index in [4.69, 9.17) is 9.15 Å². The summed E-state index contributed by atoms with van der Waals surface area (Å²) < 4.78 is 10.8. The van der Waals surface area contributed by atoms with E-state index in [9.17, 15) is 10.1 Å². The first kappa shape index (κ1) is 20.9. The molecule has 156 valence electrons. The number of nitro benzene ring substituents is 1. The second kappa shape index (κ2) is 10.7. The standard InChI is InChI=1S/C22H24N4O4/c1-29-21-7-3-2-5-18(21)12-13-23-22(25-16-20-6-4-14-30-20)24-15-17-8-10-19(11-9-17)26(27)28/h2-11,14H,12-13,15-16H2,1H3,(H2,23,24,25). The summed E-state index contributed by atoms with van der Waals surface area (Å²) in [5.41, 5.74) is 2.05. The van der Waals surface area contributed by atoms with Crippen molar-refractivity contribution in [1.29, 1.82) is 0 Å². The molecule has 0 aliphatic carbocycles. The Hall–Kier alpha value is -3.81. The van der Waals surface area contributed by atoms with Crippen molar-refractivity contribution in [2.24, 2.45) is 4.99 Å². The molecule has 0 spiro atoms. The number of nitrogens with zero attached hydrogens (tertiary/aromatic N) is 2. The highest BCUT2D eigenvalue weighted by atomic mass is 16.6. The SMILES string of the molecule is COc1ccccc1CCNC(=NCc1ccc([N+](=O)[O-])cc1)NCc1ccco1. The van der Waals surface area contributed by atoms with Crippen LogP contribution in [0.3, 0.4) is 0 Å². The van der Waals surface area contributed by atoms with E-state index in [2.05, 4.69) is 15.6 Å². The summed E-state index contributed by atoms with van der Waals surface area (Å²) in [6, 6.07) is 18.0. The average molecular weight is 408 g/mol. The number of rotatable bonds is 9. The fourth-order valence-electron chi connectivity index (χ4n) is 2.88. The van der Waals surface area contributed by atoms with E-state index in [0.717, 1.165) is 29.1 Å². The van der Waals surface area contributed by atoms with Crippen molar-refractivity contribution < 1.29 is 14.1 Å². The molecule has 3 rings (SSSR count). The number of para-hydroxylation sites is 1. The van der Waals surface area contributed by atoms with Gasteiger partial charge in [-0.2, -0.15) is 0 Å². The Morgan fingerprint density at radius 3 is 2.60 bits per heavy atom. The molecule has 0 aliphatic heterocycles. The van der Waals surface area contributed by atoms with Crippen LogP contribution in [0, 0.1) is 10.1 Å². The van der Waals surface area contributed by atoms with E-state index < -0.39 is 4.92 Å².